The number of nitrogens with zero attached hydrogens (tertiary/aromatic N) is 4. The number of aryl methyl sites for hydroxylation is 3. The maximum Gasteiger partial charge on any atom is 0.222 e. The summed E-state index contributed by atoms with van der Waals surface area (Å²) in [6.45, 7) is 7.03. The van der Waals surface area contributed by atoms with E-state index in [1.54, 1.807) is 4.68 Å². The van der Waals surface area contributed by atoms with Crippen LogP contribution in [0.15, 0.2) is 36.7 Å². The molecule has 6 nitrogen and oxygen atoms in total. The lowest BCUT2D eigenvalue weighted by Gasteiger charge is -2.20. The molecule has 0 bridgehead atoms. The highest BCUT2D eigenvalue weighted by Gasteiger charge is 2.20. The van der Waals surface area contributed by atoms with Crippen molar-refractivity contribution in [2.75, 3.05) is 0 Å². The second kappa shape index (κ2) is 7.72. The maximum absolute atomic E-state index is 12.6. The molecule has 1 amide bonds. The number of para-hydroxylation sites is 1. The zero-order valence-electron chi connectivity index (χ0n) is 15.9. The van der Waals surface area contributed by atoms with Crippen molar-refractivity contribution in [3.8, 4) is 0 Å². The third-order valence-corrected chi connectivity index (χ3v) is 4.68. The molecule has 0 aliphatic rings. The van der Waals surface area contributed by atoms with Gasteiger partial charge in [0.1, 0.15) is 12.2 Å². The summed E-state index contributed by atoms with van der Waals surface area (Å²) in [4.78, 5) is 16.9. The van der Waals surface area contributed by atoms with E-state index in [4.69, 9.17) is 0 Å². The first kappa shape index (κ1) is 18.2. The minimum atomic E-state index is -0.113. The number of carbonyl (C=O) groups excluding carboxylic acids is 1. The van der Waals surface area contributed by atoms with Gasteiger partial charge >= 0.3 is 0 Å². The van der Waals surface area contributed by atoms with E-state index in [0.717, 1.165) is 12.2 Å². The molecule has 0 aliphatic carbocycles. The molecule has 138 valence electrons. The van der Waals surface area contributed by atoms with Crippen LogP contribution in [0.2, 0.25) is 0 Å². The normalized spacial score (nSPS) is 12.7. The number of nitrogens with one attached hydrogen (secondary N) is 1. The van der Waals surface area contributed by atoms with E-state index in [9.17, 15) is 4.79 Å². The van der Waals surface area contributed by atoms with Crippen LogP contribution in [-0.4, -0.2) is 25.2 Å². The Hall–Kier alpha value is -2.63. The number of amides is 1. The third kappa shape index (κ3) is 3.95. The Bertz CT molecular complexity index is 893. The fraction of sp³-hybridized carbons (Fsp3) is 0.450. The zero-order valence-corrected chi connectivity index (χ0v) is 15.9. The number of hydrogen-bond donors (Lipinski definition) is 1. The van der Waals surface area contributed by atoms with Crippen LogP contribution in [0.1, 0.15) is 44.2 Å². The third-order valence-electron chi connectivity index (χ3n) is 4.68. The minimum Gasteiger partial charge on any atom is -0.346 e. The molecular weight excluding hydrogens is 326 g/mol. The van der Waals surface area contributed by atoms with E-state index in [0.29, 0.717) is 18.9 Å². The molecule has 2 aromatic heterocycles. The molecule has 3 aromatic rings. The van der Waals surface area contributed by atoms with Crippen molar-refractivity contribution in [3.05, 3.63) is 48.2 Å². The van der Waals surface area contributed by atoms with Crippen LogP contribution in [0.4, 0.5) is 0 Å². The molecule has 0 radical (unpaired) electrons. The second-order valence-corrected chi connectivity index (χ2v) is 7.24. The smallest absolute Gasteiger partial charge is 0.222 e. The zero-order chi connectivity index (χ0) is 18.7. The Morgan fingerprint density at radius 2 is 2.04 bits per heavy atom. The van der Waals surface area contributed by atoms with E-state index in [2.05, 4.69) is 58.9 Å². The molecule has 0 aliphatic heterocycles. The second-order valence-electron chi connectivity index (χ2n) is 7.24. The molecule has 0 saturated heterocycles. The minimum absolute atomic E-state index is 0.0378. The van der Waals surface area contributed by atoms with Crippen LogP contribution in [0.5, 0.6) is 0 Å². The molecule has 3 rings (SSSR count). The Morgan fingerprint density at radius 3 is 2.73 bits per heavy atom. The summed E-state index contributed by atoms with van der Waals surface area (Å²) in [5.74, 6) is 1.29. The molecule has 2 heterocycles. The van der Waals surface area contributed by atoms with Crippen molar-refractivity contribution in [1.82, 2.24) is 24.6 Å². The highest BCUT2D eigenvalue weighted by molar-refractivity contribution is 5.81. The highest BCUT2D eigenvalue weighted by Crippen LogP contribution is 2.21. The van der Waals surface area contributed by atoms with Gasteiger partial charge in [0.25, 0.3) is 0 Å². The number of hydrogen-bond acceptors (Lipinski definition) is 3. The number of fused-ring (bicyclic) bond motifs is 1. The molecule has 1 atom stereocenters. The van der Waals surface area contributed by atoms with E-state index >= 15 is 0 Å². The van der Waals surface area contributed by atoms with Crippen molar-refractivity contribution >= 4 is 16.8 Å². The lowest BCUT2D eigenvalue weighted by molar-refractivity contribution is -0.122. The summed E-state index contributed by atoms with van der Waals surface area (Å²) >= 11 is 0. The fourth-order valence-corrected chi connectivity index (χ4v) is 3.45. The quantitative estimate of drug-likeness (QED) is 0.708. The molecule has 0 fully saturated rings. The molecule has 6 heteroatoms. The first-order valence-corrected chi connectivity index (χ1v) is 9.14. The summed E-state index contributed by atoms with van der Waals surface area (Å²) in [5.41, 5.74) is 2.34. The van der Waals surface area contributed by atoms with Gasteiger partial charge in [0.05, 0.1) is 6.04 Å². The van der Waals surface area contributed by atoms with E-state index in [-0.39, 0.29) is 11.9 Å². The van der Waals surface area contributed by atoms with Gasteiger partial charge in [0, 0.05) is 31.2 Å². The van der Waals surface area contributed by atoms with Crippen molar-refractivity contribution < 1.29 is 4.79 Å². The maximum atomic E-state index is 12.6. The summed E-state index contributed by atoms with van der Waals surface area (Å²) in [6, 6.07) is 10.3. The number of rotatable bonds is 7. The number of aromatic nitrogens is 4. The van der Waals surface area contributed by atoms with Crippen LogP contribution >= 0.6 is 0 Å². The molecule has 1 aromatic carbocycles. The SMILES string of the molecule is Cc1cc2ccccc2n1CCC(=O)N[C@H](CC(C)C)c1ncnn1C. The molecule has 26 heavy (non-hydrogen) atoms. The van der Waals surface area contributed by atoms with Gasteiger partial charge in [0.2, 0.25) is 5.91 Å². The summed E-state index contributed by atoms with van der Waals surface area (Å²) in [5, 5.41) is 8.49. The van der Waals surface area contributed by atoms with Crippen LogP contribution < -0.4 is 5.32 Å². The van der Waals surface area contributed by atoms with Gasteiger partial charge in [-0.2, -0.15) is 5.10 Å². The van der Waals surface area contributed by atoms with Gasteiger partial charge in [-0.15, -0.1) is 0 Å². The number of benzene rings is 1. The standard InChI is InChI=1S/C20H27N5O/c1-14(2)11-17(20-21-13-22-24(20)4)23-19(26)9-10-25-15(3)12-16-7-5-6-8-18(16)25/h5-8,12-14,17H,9-11H2,1-4H3,(H,23,26)/t17-/m1/s1. The van der Waals surface area contributed by atoms with E-state index < -0.39 is 0 Å². The Morgan fingerprint density at radius 1 is 1.27 bits per heavy atom. The van der Waals surface area contributed by atoms with Crippen LogP contribution in [0.3, 0.4) is 0 Å². The first-order chi connectivity index (χ1) is 12.5. The van der Waals surface area contributed by atoms with Gasteiger partial charge in [0.15, 0.2) is 0 Å². The van der Waals surface area contributed by atoms with Gasteiger partial charge in [-0.1, -0.05) is 32.0 Å². The predicted molar refractivity (Wildman–Crippen MR) is 103 cm³/mol. The van der Waals surface area contributed by atoms with Gasteiger partial charge in [-0.3, -0.25) is 9.48 Å². The average Bonchev–Trinajstić information content (AvgIpc) is 3.14. The Kier molecular flexibility index (Phi) is 5.40. The lowest BCUT2D eigenvalue weighted by Crippen LogP contribution is -2.32. The summed E-state index contributed by atoms with van der Waals surface area (Å²) in [6.07, 6.45) is 2.81. The molecule has 0 spiro atoms. The van der Waals surface area contributed by atoms with Gasteiger partial charge < -0.3 is 9.88 Å². The fourth-order valence-electron chi connectivity index (χ4n) is 3.45. The van der Waals surface area contributed by atoms with Crippen LogP contribution in [-0.2, 0) is 18.4 Å². The van der Waals surface area contributed by atoms with Gasteiger partial charge in [-0.25, -0.2) is 4.98 Å². The summed E-state index contributed by atoms with van der Waals surface area (Å²) in [7, 11) is 1.86. The van der Waals surface area contributed by atoms with Crippen molar-refractivity contribution in [1.29, 1.82) is 0 Å². The van der Waals surface area contributed by atoms with Crippen molar-refractivity contribution in [3.63, 3.8) is 0 Å². The largest absolute Gasteiger partial charge is 0.346 e. The van der Waals surface area contributed by atoms with Crippen molar-refractivity contribution in [2.45, 2.75) is 46.2 Å². The van der Waals surface area contributed by atoms with E-state index in [1.165, 1.54) is 22.9 Å². The molecular formula is C20H27N5O. The Balaban J connectivity index is 1.68. The van der Waals surface area contributed by atoms with Gasteiger partial charge in [-0.05, 0) is 36.8 Å². The highest BCUT2D eigenvalue weighted by atomic mass is 16.1. The van der Waals surface area contributed by atoms with Crippen molar-refractivity contribution in [2.24, 2.45) is 13.0 Å². The topological polar surface area (TPSA) is 64.7 Å². The van der Waals surface area contributed by atoms with Crippen LogP contribution in [0.25, 0.3) is 10.9 Å². The average molecular weight is 353 g/mol. The summed E-state index contributed by atoms with van der Waals surface area (Å²) < 4.78 is 3.94. The monoisotopic (exact) mass is 353 g/mol. The molecule has 1 N–H and O–H groups in total. The first-order valence-electron chi connectivity index (χ1n) is 9.14. The predicted octanol–water partition coefficient (Wildman–Crippen LogP) is 3.37. The van der Waals surface area contributed by atoms with Crippen LogP contribution in [0, 0.1) is 12.8 Å². The van der Waals surface area contributed by atoms with E-state index in [1.807, 2.05) is 19.2 Å². The number of carbonyl (C=O) groups is 1. The molecule has 0 saturated carbocycles. The lowest BCUT2D eigenvalue weighted by atomic mass is 10.0. The Labute approximate surface area is 154 Å². The molecule has 0 unspecified atom stereocenters.